The van der Waals surface area contributed by atoms with Gasteiger partial charge in [-0.3, -0.25) is 4.79 Å². The first-order valence-electron chi connectivity index (χ1n) is 10.7. The normalized spacial score (nSPS) is 15.1. The van der Waals surface area contributed by atoms with Crippen molar-refractivity contribution < 1.29 is 4.79 Å². The molecule has 3 heteroatoms. The molecule has 0 atom stereocenters. The van der Waals surface area contributed by atoms with Crippen LogP contribution in [0.15, 0.2) is 48.5 Å². The molecule has 1 aliphatic rings. The highest BCUT2D eigenvalue weighted by atomic mass is 16.1. The molecule has 3 nitrogen and oxygen atoms in total. The van der Waals surface area contributed by atoms with E-state index in [4.69, 9.17) is 5.73 Å². The van der Waals surface area contributed by atoms with Crippen LogP contribution in [-0.2, 0) is 11.8 Å². The fraction of sp³-hybridized carbons (Fsp3) is 0.385. The van der Waals surface area contributed by atoms with Crippen LogP contribution >= 0.6 is 0 Å². The lowest BCUT2D eigenvalue weighted by Gasteiger charge is -2.19. The molecule has 4 rings (SSSR count). The first kappa shape index (κ1) is 19.6. The zero-order valence-electron chi connectivity index (χ0n) is 17.7. The third-order valence-electron chi connectivity index (χ3n) is 6.21. The Morgan fingerprint density at radius 3 is 2.28 bits per heavy atom. The third-order valence-corrected chi connectivity index (χ3v) is 6.21. The lowest BCUT2D eigenvalue weighted by atomic mass is 9.86. The summed E-state index contributed by atoms with van der Waals surface area (Å²) in [5.74, 6) is 0.199. The van der Waals surface area contributed by atoms with E-state index in [0.29, 0.717) is 11.6 Å². The van der Waals surface area contributed by atoms with Gasteiger partial charge in [0.15, 0.2) is 0 Å². The van der Waals surface area contributed by atoms with Crippen LogP contribution in [0.3, 0.4) is 0 Å². The first-order valence-corrected chi connectivity index (χ1v) is 10.7. The van der Waals surface area contributed by atoms with Crippen LogP contribution in [0, 0.1) is 5.92 Å². The summed E-state index contributed by atoms with van der Waals surface area (Å²) < 4.78 is 0. The van der Waals surface area contributed by atoms with Crippen LogP contribution < -0.4 is 5.73 Å². The van der Waals surface area contributed by atoms with Gasteiger partial charge in [0.05, 0.1) is 0 Å². The van der Waals surface area contributed by atoms with Gasteiger partial charge < -0.3 is 5.73 Å². The van der Waals surface area contributed by atoms with E-state index in [1.807, 2.05) is 6.07 Å². The highest BCUT2D eigenvalue weighted by molar-refractivity contribution is 5.97. The number of primary amides is 1. The molecular weight excluding hydrogens is 356 g/mol. The number of nitrogens with two attached hydrogens (primary N) is 1. The summed E-state index contributed by atoms with van der Waals surface area (Å²) in [7, 11) is 0. The number of hydrogen-bond donors (Lipinski definition) is 1. The molecule has 2 aromatic carbocycles. The number of hydrogen-bond acceptors (Lipinski definition) is 2. The van der Waals surface area contributed by atoms with E-state index in [1.54, 1.807) is 0 Å². The van der Waals surface area contributed by atoms with E-state index in [2.05, 4.69) is 68.2 Å². The quantitative estimate of drug-likeness (QED) is 0.595. The Hall–Kier alpha value is -2.68. The van der Waals surface area contributed by atoms with Crippen molar-refractivity contribution in [2.24, 2.45) is 11.7 Å². The highest BCUT2D eigenvalue weighted by Crippen LogP contribution is 2.33. The zero-order valence-corrected chi connectivity index (χ0v) is 17.7. The number of carbonyl (C=O) groups is 1. The molecule has 1 fully saturated rings. The molecule has 29 heavy (non-hydrogen) atoms. The maximum atomic E-state index is 11.8. The molecule has 0 spiro atoms. The molecule has 0 bridgehead atoms. The predicted molar refractivity (Wildman–Crippen MR) is 120 cm³/mol. The third kappa shape index (κ3) is 4.19. The standard InChI is InChI=1S/C26H30N2O/c1-26(2,3)21-12-10-18(11-13-21)19-8-9-20-16-24(25(27)29)28-23(22(20)15-19)14-17-6-4-5-7-17/h8-13,15-17H,4-7,14H2,1-3H3,(H2,27,29). The van der Waals surface area contributed by atoms with Gasteiger partial charge in [-0.05, 0) is 52.0 Å². The minimum atomic E-state index is -0.457. The van der Waals surface area contributed by atoms with Crippen LogP contribution in [-0.4, -0.2) is 10.9 Å². The van der Waals surface area contributed by atoms with E-state index in [0.717, 1.165) is 22.9 Å². The summed E-state index contributed by atoms with van der Waals surface area (Å²) in [6.07, 6.45) is 6.01. The number of fused-ring (bicyclic) bond motifs is 1. The van der Waals surface area contributed by atoms with Gasteiger partial charge in [-0.1, -0.05) is 82.9 Å². The van der Waals surface area contributed by atoms with Gasteiger partial charge in [0.25, 0.3) is 5.91 Å². The number of rotatable bonds is 4. The van der Waals surface area contributed by atoms with Crippen molar-refractivity contribution in [1.82, 2.24) is 4.98 Å². The molecular formula is C26H30N2O. The van der Waals surface area contributed by atoms with E-state index in [-0.39, 0.29) is 5.41 Å². The molecule has 0 saturated heterocycles. The van der Waals surface area contributed by atoms with E-state index in [9.17, 15) is 4.79 Å². The average molecular weight is 387 g/mol. The molecule has 0 unspecified atom stereocenters. The van der Waals surface area contributed by atoms with Crippen molar-refractivity contribution in [3.8, 4) is 11.1 Å². The SMILES string of the molecule is CC(C)(C)c1ccc(-c2ccc3cc(C(N)=O)nc(CC4CCCC4)c3c2)cc1. The number of carbonyl (C=O) groups excluding carboxylic acids is 1. The Kier molecular flexibility index (Phi) is 5.16. The van der Waals surface area contributed by atoms with Crippen molar-refractivity contribution in [3.63, 3.8) is 0 Å². The van der Waals surface area contributed by atoms with Gasteiger partial charge in [0, 0.05) is 11.1 Å². The second-order valence-electron chi connectivity index (χ2n) is 9.44. The largest absolute Gasteiger partial charge is 0.364 e. The molecule has 3 aromatic rings. The van der Waals surface area contributed by atoms with Gasteiger partial charge in [-0.15, -0.1) is 0 Å². The number of amides is 1. The summed E-state index contributed by atoms with van der Waals surface area (Å²) in [5, 5.41) is 2.18. The van der Waals surface area contributed by atoms with Crippen LogP contribution in [0.1, 0.15) is 68.2 Å². The topological polar surface area (TPSA) is 56.0 Å². The maximum Gasteiger partial charge on any atom is 0.267 e. The summed E-state index contributed by atoms with van der Waals surface area (Å²) in [6, 6.07) is 17.1. The fourth-order valence-electron chi connectivity index (χ4n) is 4.43. The Morgan fingerprint density at radius 2 is 1.66 bits per heavy atom. The molecule has 150 valence electrons. The average Bonchev–Trinajstić information content (AvgIpc) is 3.20. The molecule has 1 saturated carbocycles. The Morgan fingerprint density at radius 1 is 1.00 bits per heavy atom. The molecule has 1 heterocycles. The summed E-state index contributed by atoms with van der Waals surface area (Å²) in [5.41, 5.74) is 10.8. The van der Waals surface area contributed by atoms with E-state index in [1.165, 1.54) is 42.4 Å². The van der Waals surface area contributed by atoms with Crippen LogP contribution in [0.2, 0.25) is 0 Å². The Balaban J connectivity index is 1.77. The van der Waals surface area contributed by atoms with Crippen LogP contribution in [0.4, 0.5) is 0 Å². The predicted octanol–water partition coefficient (Wildman–Crippen LogP) is 6.03. The fourth-order valence-corrected chi connectivity index (χ4v) is 4.43. The maximum absolute atomic E-state index is 11.8. The minimum absolute atomic E-state index is 0.144. The number of benzene rings is 2. The molecule has 1 aromatic heterocycles. The highest BCUT2D eigenvalue weighted by Gasteiger charge is 2.19. The van der Waals surface area contributed by atoms with Gasteiger partial charge in [-0.25, -0.2) is 4.98 Å². The van der Waals surface area contributed by atoms with Crippen molar-refractivity contribution >= 4 is 16.7 Å². The second-order valence-corrected chi connectivity index (χ2v) is 9.44. The van der Waals surface area contributed by atoms with Crippen molar-refractivity contribution in [3.05, 3.63) is 65.5 Å². The second kappa shape index (κ2) is 7.62. The summed E-state index contributed by atoms with van der Waals surface area (Å²) >= 11 is 0. The Bertz CT molecular complexity index is 1040. The summed E-state index contributed by atoms with van der Waals surface area (Å²) in [6.45, 7) is 6.69. The lowest BCUT2D eigenvalue weighted by Crippen LogP contribution is -2.15. The van der Waals surface area contributed by atoms with Crippen molar-refractivity contribution in [2.45, 2.75) is 58.3 Å². The molecule has 0 aliphatic heterocycles. The summed E-state index contributed by atoms with van der Waals surface area (Å²) in [4.78, 5) is 16.5. The lowest BCUT2D eigenvalue weighted by molar-refractivity contribution is 0.0995. The molecule has 1 amide bonds. The molecule has 1 aliphatic carbocycles. The number of aromatic nitrogens is 1. The number of pyridine rings is 1. The van der Waals surface area contributed by atoms with Crippen LogP contribution in [0.25, 0.3) is 21.9 Å². The molecule has 0 radical (unpaired) electrons. The Labute approximate surface area is 173 Å². The van der Waals surface area contributed by atoms with E-state index >= 15 is 0 Å². The van der Waals surface area contributed by atoms with Gasteiger partial charge in [-0.2, -0.15) is 0 Å². The first-order chi connectivity index (χ1) is 13.8. The minimum Gasteiger partial charge on any atom is -0.364 e. The smallest absolute Gasteiger partial charge is 0.267 e. The van der Waals surface area contributed by atoms with E-state index < -0.39 is 5.91 Å². The zero-order chi connectivity index (χ0) is 20.6. The van der Waals surface area contributed by atoms with Gasteiger partial charge in [0.1, 0.15) is 5.69 Å². The monoisotopic (exact) mass is 386 g/mol. The van der Waals surface area contributed by atoms with Crippen LogP contribution in [0.5, 0.6) is 0 Å². The van der Waals surface area contributed by atoms with Crippen molar-refractivity contribution in [1.29, 1.82) is 0 Å². The molecule has 2 N–H and O–H groups in total. The number of nitrogens with zero attached hydrogens (tertiary/aromatic N) is 1. The van der Waals surface area contributed by atoms with Gasteiger partial charge >= 0.3 is 0 Å². The van der Waals surface area contributed by atoms with Gasteiger partial charge in [0.2, 0.25) is 0 Å². The van der Waals surface area contributed by atoms with Crippen molar-refractivity contribution in [2.75, 3.05) is 0 Å².